The molecule has 2 rings (SSSR count). The number of halogens is 2. The summed E-state index contributed by atoms with van der Waals surface area (Å²) < 4.78 is 28.1. The molecule has 1 aromatic carbocycles. The van der Waals surface area contributed by atoms with Crippen LogP contribution in [0.2, 0.25) is 0 Å². The van der Waals surface area contributed by atoms with Crippen LogP contribution in [0.3, 0.4) is 0 Å². The van der Waals surface area contributed by atoms with E-state index in [1.54, 1.807) is 14.0 Å². The first-order valence-electron chi connectivity index (χ1n) is 5.14. The summed E-state index contributed by atoms with van der Waals surface area (Å²) in [5.41, 5.74) is 0.956. The highest BCUT2D eigenvalue weighted by molar-refractivity contribution is 7.99. The van der Waals surface area contributed by atoms with E-state index in [2.05, 4.69) is 5.10 Å². The zero-order valence-electron chi connectivity index (χ0n) is 9.78. The molecule has 0 unspecified atom stereocenters. The van der Waals surface area contributed by atoms with Crippen molar-refractivity contribution in [1.82, 2.24) is 9.78 Å². The Morgan fingerprint density at radius 1 is 1.39 bits per heavy atom. The monoisotopic (exact) mass is 268 g/mol. The van der Waals surface area contributed by atoms with Crippen LogP contribution in [0.25, 0.3) is 0 Å². The molecular formula is C12H10F2N2OS. The third-order valence-electron chi connectivity index (χ3n) is 2.43. The van der Waals surface area contributed by atoms with Crippen LogP contribution in [-0.2, 0) is 7.05 Å². The molecule has 0 saturated heterocycles. The number of hydrogen-bond donors (Lipinski definition) is 0. The van der Waals surface area contributed by atoms with Gasteiger partial charge in [-0.15, -0.1) is 0 Å². The lowest BCUT2D eigenvalue weighted by Crippen LogP contribution is -1.94. The van der Waals surface area contributed by atoms with Gasteiger partial charge in [0.15, 0.2) is 6.29 Å². The van der Waals surface area contributed by atoms with Gasteiger partial charge in [0.1, 0.15) is 16.7 Å². The average Bonchev–Trinajstić information content (AvgIpc) is 2.58. The Morgan fingerprint density at radius 3 is 2.78 bits per heavy atom. The first kappa shape index (κ1) is 12.8. The third-order valence-corrected chi connectivity index (χ3v) is 3.64. The molecule has 1 heterocycles. The molecule has 6 heteroatoms. The van der Waals surface area contributed by atoms with Crippen molar-refractivity contribution in [2.75, 3.05) is 0 Å². The molecule has 0 bridgehead atoms. The van der Waals surface area contributed by atoms with Crippen molar-refractivity contribution in [2.45, 2.75) is 16.8 Å². The van der Waals surface area contributed by atoms with Gasteiger partial charge in [-0.1, -0.05) is 11.8 Å². The number of aromatic nitrogens is 2. The molecule has 0 fully saturated rings. The fraction of sp³-hybridized carbons (Fsp3) is 0.167. The van der Waals surface area contributed by atoms with Crippen molar-refractivity contribution in [1.29, 1.82) is 0 Å². The van der Waals surface area contributed by atoms with Crippen molar-refractivity contribution in [2.24, 2.45) is 7.05 Å². The maximum Gasteiger partial charge on any atom is 0.154 e. The number of nitrogens with zero attached hydrogens (tertiary/aromatic N) is 2. The molecule has 0 spiro atoms. The molecule has 0 saturated carbocycles. The fourth-order valence-corrected chi connectivity index (χ4v) is 2.59. The fourth-order valence-electron chi connectivity index (χ4n) is 1.57. The normalized spacial score (nSPS) is 10.7. The third kappa shape index (κ3) is 2.28. The standard InChI is InChI=1S/C12H10F2N2OS/c1-7-9(6-17)12(16(2)15-7)18-11-5-8(13)3-4-10(11)14/h3-6H,1-2H3. The number of carbonyl (C=O) groups is 1. The lowest BCUT2D eigenvalue weighted by Gasteiger charge is -2.04. The summed E-state index contributed by atoms with van der Waals surface area (Å²) in [6.07, 6.45) is 0.669. The molecule has 2 aromatic rings. The molecule has 0 radical (unpaired) electrons. The molecule has 0 aliphatic heterocycles. The number of aryl methyl sites for hydroxylation is 2. The minimum atomic E-state index is -0.530. The van der Waals surface area contributed by atoms with Crippen LogP contribution in [-0.4, -0.2) is 16.1 Å². The predicted octanol–water partition coefficient (Wildman–Crippen LogP) is 2.97. The van der Waals surface area contributed by atoms with Crippen LogP contribution in [0.5, 0.6) is 0 Å². The molecule has 0 atom stereocenters. The van der Waals surface area contributed by atoms with Gasteiger partial charge in [0.25, 0.3) is 0 Å². The maximum absolute atomic E-state index is 13.5. The van der Waals surface area contributed by atoms with Gasteiger partial charge in [0, 0.05) is 7.05 Å². The second kappa shape index (κ2) is 4.89. The average molecular weight is 268 g/mol. The molecule has 0 aliphatic carbocycles. The second-order valence-corrected chi connectivity index (χ2v) is 4.75. The highest BCUT2D eigenvalue weighted by Gasteiger charge is 2.16. The van der Waals surface area contributed by atoms with Crippen molar-refractivity contribution in [3.63, 3.8) is 0 Å². The van der Waals surface area contributed by atoms with Crippen molar-refractivity contribution in [3.05, 3.63) is 41.1 Å². The summed E-state index contributed by atoms with van der Waals surface area (Å²) in [6.45, 7) is 1.69. The summed E-state index contributed by atoms with van der Waals surface area (Å²) in [5.74, 6) is -1.05. The van der Waals surface area contributed by atoms with E-state index in [1.807, 2.05) is 0 Å². The molecule has 0 N–H and O–H groups in total. The molecule has 1 aromatic heterocycles. The lowest BCUT2D eigenvalue weighted by atomic mass is 10.3. The zero-order chi connectivity index (χ0) is 13.3. The van der Waals surface area contributed by atoms with E-state index in [4.69, 9.17) is 0 Å². The SMILES string of the molecule is Cc1nn(C)c(Sc2cc(F)ccc2F)c1C=O. The second-order valence-electron chi connectivity index (χ2n) is 3.72. The van der Waals surface area contributed by atoms with Crippen molar-refractivity contribution < 1.29 is 13.6 Å². The van der Waals surface area contributed by atoms with E-state index < -0.39 is 11.6 Å². The van der Waals surface area contributed by atoms with Crippen LogP contribution < -0.4 is 0 Å². The van der Waals surface area contributed by atoms with E-state index in [1.165, 1.54) is 4.68 Å². The van der Waals surface area contributed by atoms with Crippen LogP contribution in [0, 0.1) is 18.6 Å². The number of hydrogen-bond acceptors (Lipinski definition) is 3. The summed E-state index contributed by atoms with van der Waals surface area (Å²) in [4.78, 5) is 11.1. The van der Waals surface area contributed by atoms with Gasteiger partial charge in [-0.3, -0.25) is 9.48 Å². The van der Waals surface area contributed by atoms with E-state index >= 15 is 0 Å². The maximum atomic E-state index is 13.5. The van der Waals surface area contributed by atoms with Gasteiger partial charge in [-0.05, 0) is 25.1 Å². The molecule has 0 amide bonds. The Hall–Kier alpha value is -1.69. The molecular weight excluding hydrogens is 258 g/mol. The first-order chi connectivity index (χ1) is 8.52. The molecule has 94 valence electrons. The number of rotatable bonds is 3. The van der Waals surface area contributed by atoms with Gasteiger partial charge in [-0.25, -0.2) is 8.78 Å². The summed E-state index contributed by atoms with van der Waals surface area (Å²) >= 11 is 0.981. The van der Waals surface area contributed by atoms with Crippen LogP contribution in [0.1, 0.15) is 16.1 Å². The number of carbonyl (C=O) groups excluding carboxylic acids is 1. The van der Waals surface area contributed by atoms with E-state index in [0.717, 1.165) is 30.0 Å². The Kier molecular flexibility index (Phi) is 3.47. The smallest absolute Gasteiger partial charge is 0.154 e. The zero-order valence-corrected chi connectivity index (χ0v) is 10.6. The molecule has 3 nitrogen and oxygen atoms in total. The van der Waals surface area contributed by atoms with Gasteiger partial charge in [-0.2, -0.15) is 5.10 Å². The lowest BCUT2D eigenvalue weighted by molar-refractivity contribution is 0.112. The number of benzene rings is 1. The number of aldehydes is 1. The topological polar surface area (TPSA) is 34.9 Å². The van der Waals surface area contributed by atoms with Crippen LogP contribution in [0.15, 0.2) is 28.1 Å². The van der Waals surface area contributed by atoms with Gasteiger partial charge < -0.3 is 0 Å². The molecule has 0 aliphatic rings. The minimum absolute atomic E-state index is 0.126. The molecule has 18 heavy (non-hydrogen) atoms. The van der Waals surface area contributed by atoms with Crippen LogP contribution >= 0.6 is 11.8 Å². The summed E-state index contributed by atoms with van der Waals surface area (Å²) in [5, 5.41) is 4.57. The van der Waals surface area contributed by atoms with Crippen LogP contribution in [0.4, 0.5) is 8.78 Å². The Balaban J connectivity index is 2.45. The van der Waals surface area contributed by atoms with E-state index in [0.29, 0.717) is 22.6 Å². The Morgan fingerprint density at radius 2 is 2.11 bits per heavy atom. The van der Waals surface area contributed by atoms with Gasteiger partial charge in [0.05, 0.1) is 16.2 Å². The van der Waals surface area contributed by atoms with Crippen molar-refractivity contribution in [3.8, 4) is 0 Å². The van der Waals surface area contributed by atoms with E-state index in [9.17, 15) is 13.6 Å². The van der Waals surface area contributed by atoms with Crippen molar-refractivity contribution >= 4 is 18.0 Å². The van der Waals surface area contributed by atoms with E-state index in [-0.39, 0.29) is 4.90 Å². The highest BCUT2D eigenvalue weighted by Crippen LogP contribution is 2.32. The van der Waals surface area contributed by atoms with Gasteiger partial charge >= 0.3 is 0 Å². The summed E-state index contributed by atoms with van der Waals surface area (Å²) in [6, 6.07) is 3.20. The quantitative estimate of drug-likeness (QED) is 0.803. The largest absolute Gasteiger partial charge is 0.298 e. The highest BCUT2D eigenvalue weighted by atomic mass is 32.2. The Bertz CT molecular complexity index is 610. The Labute approximate surface area is 107 Å². The van der Waals surface area contributed by atoms with Gasteiger partial charge in [0.2, 0.25) is 0 Å². The predicted molar refractivity (Wildman–Crippen MR) is 63.8 cm³/mol. The summed E-state index contributed by atoms with van der Waals surface area (Å²) in [7, 11) is 1.65. The first-order valence-corrected chi connectivity index (χ1v) is 5.96. The minimum Gasteiger partial charge on any atom is -0.298 e.